The summed E-state index contributed by atoms with van der Waals surface area (Å²) in [5, 5.41) is 16.7. The minimum Gasteiger partial charge on any atom is -0.258 e. The smallest absolute Gasteiger partial charge is 0.258 e. The lowest BCUT2D eigenvalue weighted by molar-refractivity contribution is 0.144. The van der Waals surface area contributed by atoms with Crippen molar-refractivity contribution in [2.75, 3.05) is 0 Å². The number of pyridine rings is 1. The molecule has 0 radical (unpaired) electrons. The van der Waals surface area contributed by atoms with Crippen molar-refractivity contribution in [2.24, 2.45) is 0 Å². The minimum absolute atomic E-state index is 0.330. The van der Waals surface area contributed by atoms with Crippen LogP contribution in [0.5, 0.6) is 0 Å². The monoisotopic (exact) mass is 211 g/mol. The molecule has 0 N–H and O–H groups in total. The largest absolute Gasteiger partial charge is 0.268 e. The van der Waals surface area contributed by atoms with Gasteiger partial charge in [-0.1, -0.05) is 0 Å². The Morgan fingerprint density at radius 3 is 2.53 bits per heavy atom. The molecule has 0 unspecified atom stereocenters. The number of hydrogen-bond donors (Lipinski definition) is 0. The van der Waals surface area contributed by atoms with Crippen molar-refractivity contribution >= 4 is 0 Å². The molecule has 76 valence electrons. The van der Waals surface area contributed by atoms with E-state index in [0.717, 1.165) is 6.20 Å². The maximum Gasteiger partial charge on any atom is 0.268 e. The Kier molecular flexibility index (Phi) is 3.25. The van der Waals surface area contributed by atoms with Crippen molar-refractivity contribution in [3.8, 4) is 12.1 Å². The van der Waals surface area contributed by atoms with E-state index >= 15 is 0 Å². The van der Waals surface area contributed by atoms with Gasteiger partial charge in [-0.2, -0.15) is 10.5 Å². The van der Waals surface area contributed by atoms with Crippen molar-refractivity contribution in [1.82, 2.24) is 4.98 Å². The van der Waals surface area contributed by atoms with Crippen LogP contribution in [0.2, 0.25) is 0 Å². The lowest BCUT2D eigenvalue weighted by atomic mass is 10.1. The maximum atomic E-state index is 13.3. The third-order valence-electron chi connectivity index (χ3n) is 1.72. The Morgan fingerprint density at radius 2 is 2.07 bits per heavy atom. The summed E-state index contributed by atoms with van der Waals surface area (Å²) in [4.78, 5) is 3.46. The Labute approximate surface area is 83.4 Å². The maximum absolute atomic E-state index is 13.3. The molecule has 1 rings (SSSR count). The van der Waals surface area contributed by atoms with E-state index in [1.807, 2.05) is 0 Å². The van der Waals surface area contributed by atoms with Crippen molar-refractivity contribution in [1.29, 1.82) is 10.5 Å². The van der Waals surface area contributed by atoms with Crippen LogP contribution in [0.1, 0.15) is 23.2 Å². The van der Waals surface area contributed by atoms with Crippen LogP contribution in [0, 0.1) is 28.5 Å². The second-order valence-corrected chi connectivity index (χ2v) is 2.59. The second-order valence-electron chi connectivity index (χ2n) is 2.59. The van der Waals surface area contributed by atoms with Gasteiger partial charge in [0.15, 0.2) is 5.82 Å². The number of aromatic nitrogens is 1. The predicted molar refractivity (Wildman–Crippen MR) is 43.2 cm³/mol. The average Bonchev–Trinajstić information content (AvgIpc) is 2.18. The number of nitriles is 2. The number of nitrogens with zero attached hydrogens (tertiary/aromatic N) is 3. The van der Waals surface area contributed by atoms with Crippen molar-refractivity contribution in [3.63, 3.8) is 0 Å². The number of hydrogen-bond acceptors (Lipinski definition) is 3. The first-order valence-corrected chi connectivity index (χ1v) is 3.84. The van der Waals surface area contributed by atoms with Crippen LogP contribution in [-0.4, -0.2) is 4.98 Å². The van der Waals surface area contributed by atoms with E-state index in [1.54, 1.807) is 6.07 Å². The zero-order chi connectivity index (χ0) is 11.4. The zero-order valence-corrected chi connectivity index (χ0v) is 7.34. The van der Waals surface area contributed by atoms with Gasteiger partial charge >= 0.3 is 0 Å². The van der Waals surface area contributed by atoms with Gasteiger partial charge in [0.1, 0.15) is 11.6 Å². The van der Waals surface area contributed by atoms with E-state index in [9.17, 15) is 13.2 Å². The van der Waals surface area contributed by atoms with Gasteiger partial charge in [-0.25, -0.2) is 13.2 Å². The highest BCUT2D eigenvalue weighted by atomic mass is 19.3. The second kappa shape index (κ2) is 4.43. The van der Waals surface area contributed by atoms with Gasteiger partial charge in [0.2, 0.25) is 0 Å². The quantitative estimate of drug-likeness (QED) is 0.752. The third kappa shape index (κ3) is 2.05. The Hall–Kier alpha value is -2.08. The lowest BCUT2D eigenvalue weighted by Crippen LogP contribution is -2.04. The highest BCUT2D eigenvalue weighted by Crippen LogP contribution is 2.26. The topological polar surface area (TPSA) is 60.5 Å². The molecule has 0 aliphatic rings. The van der Waals surface area contributed by atoms with Crippen LogP contribution in [0.4, 0.5) is 13.2 Å². The Balaban J connectivity index is 3.40. The van der Waals surface area contributed by atoms with Crippen LogP contribution >= 0.6 is 0 Å². The van der Waals surface area contributed by atoms with Gasteiger partial charge < -0.3 is 0 Å². The molecule has 3 nitrogen and oxygen atoms in total. The Bertz CT molecular complexity index is 457. The van der Waals surface area contributed by atoms with E-state index in [-0.39, 0.29) is 5.69 Å². The van der Waals surface area contributed by atoms with Crippen molar-refractivity contribution < 1.29 is 13.2 Å². The molecule has 1 heterocycles. The predicted octanol–water partition coefficient (Wildman–Crippen LogP) is 2.10. The number of halogens is 3. The fourth-order valence-corrected chi connectivity index (χ4v) is 1.06. The molecule has 0 saturated heterocycles. The highest BCUT2D eigenvalue weighted by Gasteiger charge is 2.22. The van der Waals surface area contributed by atoms with Gasteiger partial charge in [-0.3, -0.25) is 4.98 Å². The normalized spacial score (nSPS) is 9.73. The van der Waals surface area contributed by atoms with E-state index in [4.69, 9.17) is 10.5 Å². The Morgan fingerprint density at radius 1 is 1.40 bits per heavy atom. The van der Waals surface area contributed by atoms with Gasteiger partial charge in [-0.15, -0.1) is 0 Å². The zero-order valence-electron chi connectivity index (χ0n) is 7.34. The molecule has 0 aliphatic carbocycles. The third-order valence-corrected chi connectivity index (χ3v) is 1.72. The van der Waals surface area contributed by atoms with Gasteiger partial charge in [0.05, 0.1) is 23.7 Å². The van der Waals surface area contributed by atoms with E-state index in [0.29, 0.717) is 0 Å². The van der Waals surface area contributed by atoms with Gasteiger partial charge in [-0.05, 0) is 0 Å². The fourth-order valence-electron chi connectivity index (χ4n) is 1.06. The SMILES string of the molecule is N#CCc1ncc(C#N)c(F)c1C(F)F. The molecule has 0 fully saturated rings. The average molecular weight is 211 g/mol. The summed E-state index contributed by atoms with van der Waals surface area (Å²) in [5.74, 6) is -1.30. The first-order chi connectivity index (χ1) is 7.11. The molecule has 6 heteroatoms. The summed E-state index contributed by atoms with van der Waals surface area (Å²) in [6, 6.07) is 3.00. The standard InChI is InChI=1S/C9H4F3N3/c10-8-5(3-14)4-15-6(1-2-13)7(8)9(11)12/h4,9H,1H2. The van der Waals surface area contributed by atoms with E-state index in [2.05, 4.69) is 4.98 Å². The summed E-state index contributed by atoms with van der Waals surface area (Å²) < 4.78 is 38.1. The van der Waals surface area contributed by atoms with Crippen LogP contribution < -0.4 is 0 Å². The van der Waals surface area contributed by atoms with E-state index < -0.39 is 29.8 Å². The van der Waals surface area contributed by atoms with Crippen LogP contribution in [0.15, 0.2) is 6.20 Å². The first kappa shape index (κ1) is 11.0. The van der Waals surface area contributed by atoms with Crippen LogP contribution in [0.25, 0.3) is 0 Å². The van der Waals surface area contributed by atoms with E-state index in [1.165, 1.54) is 6.07 Å². The molecular weight excluding hydrogens is 207 g/mol. The number of rotatable bonds is 2. The molecule has 1 aromatic heterocycles. The molecule has 0 amide bonds. The van der Waals surface area contributed by atoms with Gasteiger partial charge in [0, 0.05) is 6.20 Å². The summed E-state index contributed by atoms with van der Waals surface area (Å²) in [6.45, 7) is 0. The van der Waals surface area contributed by atoms with Crippen LogP contribution in [-0.2, 0) is 6.42 Å². The molecule has 0 atom stereocenters. The molecular formula is C9H4F3N3. The van der Waals surface area contributed by atoms with Gasteiger partial charge in [0.25, 0.3) is 6.43 Å². The van der Waals surface area contributed by atoms with Crippen molar-refractivity contribution in [2.45, 2.75) is 12.8 Å². The first-order valence-electron chi connectivity index (χ1n) is 3.84. The summed E-state index contributed by atoms with van der Waals surface area (Å²) in [7, 11) is 0. The summed E-state index contributed by atoms with van der Waals surface area (Å²) >= 11 is 0. The molecule has 0 aromatic carbocycles. The molecule has 0 aliphatic heterocycles. The van der Waals surface area contributed by atoms with Crippen LogP contribution in [0.3, 0.4) is 0 Å². The molecule has 0 spiro atoms. The minimum atomic E-state index is -3.09. The molecule has 1 aromatic rings. The molecule has 0 saturated carbocycles. The number of alkyl halides is 2. The summed E-state index contributed by atoms with van der Waals surface area (Å²) in [6.07, 6.45) is -2.66. The highest BCUT2D eigenvalue weighted by molar-refractivity contribution is 5.36. The lowest BCUT2D eigenvalue weighted by Gasteiger charge is -2.06. The molecule has 0 bridgehead atoms. The van der Waals surface area contributed by atoms with Crippen molar-refractivity contribution in [3.05, 3.63) is 28.8 Å². The molecule has 15 heavy (non-hydrogen) atoms. The summed E-state index contributed by atoms with van der Waals surface area (Å²) in [5.41, 5.74) is -1.84. The fraction of sp³-hybridized carbons (Fsp3) is 0.222.